The second-order valence-corrected chi connectivity index (χ2v) is 8.66. The van der Waals surface area contributed by atoms with E-state index in [1.807, 2.05) is 33.8 Å². The Labute approximate surface area is 120 Å². The number of hydrogen-bond acceptors (Lipinski definition) is 3. The number of fused-ring (bicyclic) bond motifs is 1. The normalized spacial score (nSPS) is 15.7. The average molecular weight is 299 g/mol. The lowest BCUT2D eigenvalue weighted by Gasteiger charge is -2.26. The second-order valence-electron chi connectivity index (χ2n) is 5.55. The number of benzene rings is 1. The lowest BCUT2D eigenvalue weighted by molar-refractivity contribution is 0.532. The maximum atomic E-state index is 13.2. The molecular formula is C14H18FNOS2. The summed E-state index contributed by atoms with van der Waals surface area (Å²) in [6.07, 6.45) is 0. The minimum atomic E-state index is -1.11. The third-order valence-corrected chi connectivity index (χ3v) is 5.74. The summed E-state index contributed by atoms with van der Waals surface area (Å²) in [5, 5.41) is 0.898. The van der Waals surface area contributed by atoms with Gasteiger partial charge in [-0.1, -0.05) is 0 Å². The molecule has 0 saturated heterocycles. The Morgan fingerprint density at radius 1 is 1.32 bits per heavy atom. The predicted molar refractivity (Wildman–Crippen MR) is 81.2 cm³/mol. The Balaban J connectivity index is 2.20. The summed E-state index contributed by atoms with van der Waals surface area (Å²) in [5.41, 5.74) is 0. The molecule has 0 aliphatic carbocycles. The van der Waals surface area contributed by atoms with Gasteiger partial charge in [0.25, 0.3) is 0 Å². The van der Waals surface area contributed by atoms with Crippen LogP contribution in [0.3, 0.4) is 0 Å². The Kier molecular flexibility index (Phi) is 4.20. The molecule has 0 saturated carbocycles. The zero-order valence-corrected chi connectivity index (χ0v) is 13.1. The average Bonchev–Trinajstić information content (AvgIpc) is 2.70. The molecule has 2 nitrogen and oxygen atoms in total. The fourth-order valence-corrected chi connectivity index (χ4v) is 3.57. The van der Waals surface area contributed by atoms with Crippen molar-refractivity contribution in [3.8, 4) is 0 Å². The SMILES string of the molecule is CC(N[S+]([O-])C(C)(C)C)c1cc2cc(F)ccc2s1. The van der Waals surface area contributed by atoms with E-state index in [1.165, 1.54) is 12.1 Å². The molecule has 1 heterocycles. The van der Waals surface area contributed by atoms with Gasteiger partial charge in [0.15, 0.2) is 0 Å². The van der Waals surface area contributed by atoms with Crippen molar-refractivity contribution in [2.75, 3.05) is 0 Å². The molecule has 0 spiro atoms. The molecule has 0 amide bonds. The van der Waals surface area contributed by atoms with Gasteiger partial charge in [-0.15, -0.1) is 16.1 Å². The standard InChI is InChI=1S/C14H18FNOS2/c1-9(16-19(17)14(2,3)4)13-8-10-7-11(15)5-6-12(10)18-13/h5-9,16H,1-4H3. The molecule has 0 fully saturated rings. The maximum Gasteiger partial charge on any atom is 0.136 e. The molecule has 0 radical (unpaired) electrons. The van der Waals surface area contributed by atoms with Crippen molar-refractivity contribution in [2.24, 2.45) is 0 Å². The van der Waals surface area contributed by atoms with Gasteiger partial charge < -0.3 is 4.55 Å². The van der Waals surface area contributed by atoms with Crippen molar-refractivity contribution in [3.05, 3.63) is 35.0 Å². The number of halogens is 1. The molecule has 0 bridgehead atoms. The van der Waals surface area contributed by atoms with Crippen LogP contribution in [-0.4, -0.2) is 9.30 Å². The summed E-state index contributed by atoms with van der Waals surface area (Å²) < 4.78 is 29.1. The molecule has 1 aromatic carbocycles. The van der Waals surface area contributed by atoms with Crippen molar-refractivity contribution >= 4 is 32.8 Å². The number of nitrogens with one attached hydrogen (secondary N) is 1. The van der Waals surface area contributed by atoms with Gasteiger partial charge in [0, 0.05) is 20.9 Å². The van der Waals surface area contributed by atoms with Gasteiger partial charge >= 0.3 is 0 Å². The molecule has 0 aliphatic heterocycles. The van der Waals surface area contributed by atoms with Crippen LogP contribution in [0.25, 0.3) is 10.1 Å². The highest BCUT2D eigenvalue weighted by molar-refractivity contribution is 7.90. The van der Waals surface area contributed by atoms with E-state index in [2.05, 4.69) is 4.72 Å². The number of rotatable bonds is 3. The van der Waals surface area contributed by atoms with Gasteiger partial charge in [0.05, 0.1) is 6.04 Å². The van der Waals surface area contributed by atoms with Gasteiger partial charge in [-0.25, -0.2) is 4.39 Å². The van der Waals surface area contributed by atoms with Crippen LogP contribution in [0, 0.1) is 5.82 Å². The van der Waals surface area contributed by atoms with Gasteiger partial charge in [-0.05, 0) is 57.3 Å². The number of hydrogen-bond donors (Lipinski definition) is 1. The van der Waals surface area contributed by atoms with E-state index in [0.29, 0.717) is 0 Å². The molecule has 0 aliphatic rings. The first-order chi connectivity index (χ1) is 8.77. The quantitative estimate of drug-likeness (QED) is 0.864. The Morgan fingerprint density at radius 3 is 2.63 bits per heavy atom. The van der Waals surface area contributed by atoms with E-state index in [-0.39, 0.29) is 16.6 Å². The molecule has 1 aromatic heterocycles. The predicted octanol–water partition coefficient (Wildman–Crippen LogP) is 4.15. The molecule has 1 N–H and O–H groups in total. The molecular weight excluding hydrogens is 281 g/mol. The Morgan fingerprint density at radius 2 is 2.00 bits per heavy atom. The molecule has 5 heteroatoms. The Hall–Kier alpha value is -0.620. The highest BCUT2D eigenvalue weighted by atomic mass is 32.2. The van der Waals surface area contributed by atoms with E-state index in [0.717, 1.165) is 15.0 Å². The van der Waals surface area contributed by atoms with E-state index in [4.69, 9.17) is 0 Å². The summed E-state index contributed by atoms with van der Waals surface area (Å²) in [6, 6.07) is 6.73. The lowest BCUT2D eigenvalue weighted by Crippen LogP contribution is -2.40. The fourth-order valence-electron chi connectivity index (χ4n) is 1.64. The zero-order chi connectivity index (χ0) is 14.2. The molecule has 2 atom stereocenters. The van der Waals surface area contributed by atoms with Gasteiger partial charge in [-0.2, -0.15) is 0 Å². The highest BCUT2D eigenvalue weighted by Gasteiger charge is 2.28. The van der Waals surface area contributed by atoms with E-state index >= 15 is 0 Å². The van der Waals surface area contributed by atoms with Crippen LogP contribution in [0.5, 0.6) is 0 Å². The smallest absolute Gasteiger partial charge is 0.136 e. The van der Waals surface area contributed by atoms with Crippen LogP contribution < -0.4 is 4.72 Å². The highest BCUT2D eigenvalue weighted by Crippen LogP contribution is 2.31. The summed E-state index contributed by atoms with van der Waals surface area (Å²) in [4.78, 5) is 1.07. The summed E-state index contributed by atoms with van der Waals surface area (Å²) in [7, 11) is 0. The van der Waals surface area contributed by atoms with Crippen LogP contribution in [0.15, 0.2) is 24.3 Å². The zero-order valence-electron chi connectivity index (χ0n) is 11.5. The van der Waals surface area contributed by atoms with Gasteiger partial charge in [0.2, 0.25) is 0 Å². The molecule has 19 heavy (non-hydrogen) atoms. The molecule has 2 aromatic rings. The third kappa shape index (κ3) is 3.48. The molecule has 2 unspecified atom stereocenters. The summed E-state index contributed by atoms with van der Waals surface area (Å²) >= 11 is 0.492. The third-order valence-electron chi connectivity index (χ3n) is 2.76. The van der Waals surface area contributed by atoms with Crippen LogP contribution >= 0.6 is 11.3 Å². The van der Waals surface area contributed by atoms with Crippen molar-refractivity contribution in [1.29, 1.82) is 0 Å². The lowest BCUT2D eigenvalue weighted by atomic mass is 10.2. The topological polar surface area (TPSA) is 35.1 Å². The van der Waals surface area contributed by atoms with Crippen LogP contribution in [0.1, 0.15) is 38.6 Å². The van der Waals surface area contributed by atoms with E-state index in [1.54, 1.807) is 17.4 Å². The number of thiophene rings is 1. The van der Waals surface area contributed by atoms with Crippen LogP contribution in [0.2, 0.25) is 0 Å². The van der Waals surface area contributed by atoms with Crippen molar-refractivity contribution in [2.45, 2.75) is 38.5 Å². The first kappa shape index (κ1) is 14.8. The molecule has 2 rings (SSSR count). The van der Waals surface area contributed by atoms with Crippen LogP contribution in [0.4, 0.5) is 4.39 Å². The first-order valence-corrected chi connectivity index (χ1v) is 8.11. The minimum absolute atomic E-state index is 0.0134. The first-order valence-electron chi connectivity index (χ1n) is 6.14. The summed E-state index contributed by atoms with van der Waals surface area (Å²) in [5.74, 6) is -0.226. The minimum Gasteiger partial charge on any atom is -0.598 e. The van der Waals surface area contributed by atoms with E-state index in [9.17, 15) is 8.94 Å². The van der Waals surface area contributed by atoms with Crippen LogP contribution in [-0.2, 0) is 11.4 Å². The fraction of sp³-hybridized carbons (Fsp3) is 0.429. The maximum absolute atomic E-state index is 13.2. The van der Waals surface area contributed by atoms with Crippen molar-refractivity contribution in [1.82, 2.24) is 4.72 Å². The van der Waals surface area contributed by atoms with Gasteiger partial charge in [-0.3, -0.25) is 0 Å². The van der Waals surface area contributed by atoms with Crippen molar-refractivity contribution < 1.29 is 8.94 Å². The Bertz CT molecular complexity index is 576. The van der Waals surface area contributed by atoms with Crippen molar-refractivity contribution in [3.63, 3.8) is 0 Å². The second kappa shape index (κ2) is 5.40. The van der Waals surface area contributed by atoms with E-state index < -0.39 is 11.4 Å². The largest absolute Gasteiger partial charge is 0.598 e. The van der Waals surface area contributed by atoms with Gasteiger partial charge in [0.1, 0.15) is 10.6 Å². The monoisotopic (exact) mass is 299 g/mol. The molecule has 104 valence electrons. The summed E-state index contributed by atoms with van der Waals surface area (Å²) in [6.45, 7) is 7.78.